The van der Waals surface area contributed by atoms with Crippen LogP contribution in [-0.2, 0) is 0 Å². The summed E-state index contributed by atoms with van der Waals surface area (Å²) in [5, 5.41) is 13.3. The van der Waals surface area contributed by atoms with Crippen LogP contribution < -0.4 is 10.1 Å². The van der Waals surface area contributed by atoms with Gasteiger partial charge in [-0.2, -0.15) is 11.8 Å². The monoisotopic (exact) mass is 297 g/mol. The van der Waals surface area contributed by atoms with Crippen molar-refractivity contribution < 1.29 is 9.84 Å². The maximum absolute atomic E-state index is 9.41. The van der Waals surface area contributed by atoms with Crippen LogP contribution in [0.2, 0.25) is 0 Å². The van der Waals surface area contributed by atoms with E-state index in [9.17, 15) is 5.11 Å². The van der Waals surface area contributed by atoms with Gasteiger partial charge in [0, 0.05) is 17.3 Å². The molecule has 2 N–H and O–H groups in total. The third kappa shape index (κ3) is 4.69. The summed E-state index contributed by atoms with van der Waals surface area (Å²) in [5.41, 5.74) is 1.26. The second-order valence-corrected chi connectivity index (χ2v) is 6.48. The van der Waals surface area contributed by atoms with Gasteiger partial charge in [0.15, 0.2) is 0 Å². The first kappa shape index (κ1) is 17.3. The number of methoxy groups -OCH3 is 1. The van der Waals surface area contributed by atoms with Crippen molar-refractivity contribution in [1.82, 2.24) is 5.32 Å². The van der Waals surface area contributed by atoms with Crippen LogP contribution in [0.5, 0.6) is 5.75 Å². The van der Waals surface area contributed by atoms with Gasteiger partial charge in [-0.15, -0.1) is 0 Å². The SMILES string of the molecule is COc1ccc(C(NC(C)C(CO)SC)C(C)C)cc1. The molecule has 20 heavy (non-hydrogen) atoms. The summed E-state index contributed by atoms with van der Waals surface area (Å²) in [5.74, 6) is 1.36. The number of aliphatic hydroxyl groups excluding tert-OH is 1. The lowest BCUT2D eigenvalue weighted by molar-refractivity contribution is 0.262. The van der Waals surface area contributed by atoms with Gasteiger partial charge in [-0.3, -0.25) is 0 Å². The van der Waals surface area contributed by atoms with Crippen LogP contribution in [0.25, 0.3) is 0 Å². The molecule has 0 spiro atoms. The molecular formula is C16H27NO2S. The van der Waals surface area contributed by atoms with E-state index in [2.05, 4.69) is 38.2 Å². The van der Waals surface area contributed by atoms with Crippen LogP contribution in [0.15, 0.2) is 24.3 Å². The van der Waals surface area contributed by atoms with E-state index in [-0.39, 0.29) is 23.9 Å². The molecule has 1 rings (SSSR count). The van der Waals surface area contributed by atoms with Crippen LogP contribution in [0.1, 0.15) is 32.4 Å². The number of ether oxygens (including phenoxy) is 1. The van der Waals surface area contributed by atoms with E-state index in [4.69, 9.17) is 4.74 Å². The first-order chi connectivity index (χ1) is 9.53. The molecule has 0 saturated carbocycles. The van der Waals surface area contributed by atoms with Crippen molar-refractivity contribution in [2.75, 3.05) is 20.0 Å². The number of benzene rings is 1. The Kier molecular flexibility index (Phi) is 7.41. The zero-order valence-corrected chi connectivity index (χ0v) is 13.9. The van der Waals surface area contributed by atoms with Crippen molar-refractivity contribution in [3.05, 3.63) is 29.8 Å². The molecule has 0 aliphatic carbocycles. The second kappa shape index (κ2) is 8.55. The molecule has 0 amide bonds. The standard InChI is InChI=1S/C16H27NO2S/c1-11(2)16(17-12(3)15(10-18)20-5)13-6-8-14(19-4)9-7-13/h6-9,11-12,15-18H,10H2,1-5H3. The fourth-order valence-electron chi connectivity index (χ4n) is 2.31. The van der Waals surface area contributed by atoms with Crippen molar-refractivity contribution >= 4 is 11.8 Å². The molecule has 4 heteroatoms. The van der Waals surface area contributed by atoms with E-state index < -0.39 is 0 Å². The van der Waals surface area contributed by atoms with Crippen LogP contribution >= 0.6 is 11.8 Å². The highest BCUT2D eigenvalue weighted by atomic mass is 32.2. The number of hydrogen-bond acceptors (Lipinski definition) is 4. The highest BCUT2D eigenvalue weighted by molar-refractivity contribution is 7.99. The highest BCUT2D eigenvalue weighted by Crippen LogP contribution is 2.25. The van der Waals surface area contributed by atoms with E-state index in [1.807, 2.05) is 18.4 Å². The minimum Gasteiger partial charge on any atom is -0.497 e. The summed E-state index contributed by atoms with van der Waals surface area (Å²) in [4.78, 5) is 0. The molecule has 3 atom stereocenters. The first-order valence-corrected chi connectivity index (χ1v) is 8.35. The Morgan fingerprint density at radius 2 is 1.80 bits per heavy atom. The van der Waals surface area contributed by atoms with Crippen molar-refractivity contribution in [3.8, 4) is 5.75 Å². The fraction of sp³-hybridized carbons (Fsp3) is 0.625. The lowest BCUT2D eigenvalue weighted by atomic mass is 9.95. The Bertz CT molecular complexity index is 377. The van der Waals surface area contributed by atoms with Crippen LogP contribution in [0.3, 0.4) is 0 Å². The van der Waals surface area contributed by atoms with E-state index in [1.165, 1.54) is 5.56 Å². The maximum Gasteiger partial charge on any atom is 0.118 e. The molecule has 0 aromatic heterocycles. The van der Waals surface area contributed by atoms with E-state index in [0.29, 0.717) is 5.92 Å². The predicted molar refractivity (Wildman–Crippen MR) is 87.6 cm³/mol. The number of aliphatic hydroxyl groups is 1. The average molecular weight is 297 g/mol. The lowest BCUT2D eigenvalue weighted by Crippen LogP contribution is -2.41. The zero-order chi connectivity index (χ0) is 15.1. The van der Waals surface area contributed by atoms with Gasteiger partial charge in [-0.25, -0.2) is 0 Å². The summed E-state index contributed by atoms with van der Waals surface area (Å²) < 4.78 is 5.21. The van der Waals surface area contributed by atoms with Gasteiger partial charge < -0.3 is 15.2 Å². The van der Waals surface area contributed by atoms with Crippen LogP contribution in [-0.4, -0.2) is 36.4 Å². The van der Waals surface area contributed by atoms with E-state index in [0.717, 1.165) is 5.75 Å². The van der Waals surface area contributed by atoms with Crippen LogP contribution in [0, 0.1) is 5.92 Å². The Morgan fingerprint density at radius 1 is 1.20 bits per heavy atom. The van der Waals surface area contributed by atoms with Crippen molar-refractivity contribution in [2.45, 2.75) is 38.1 Å². The predicted octanol–water partition coefficient (Wildman–Crippen LogP) is 3.09. The van der Waals surface area contributed by atoms with Crippen molar-refractivity contribution in [1.29, 1.82) is 0 Å². The number of rotatable bonds is 8. The summed E-state index contributed by atoms with van der Waals surface area (Å²) >= 11 is 1.70. The lowest BCUT2D eigenvalue weighted by Gasteiger charge is -2.30. The quantitative estimate of drug-likeness (QED) is 0.774. The Morgan fingerprint density at radius 3 is 2.20 bits per heavy atom. The Balaban J connectivity index is 2.82. The Labute approximate surface area is 127 Å². The molecule has 0 heterocycles. The van der Waals surface area contributed by atoms with Crippen LogP contribution in [0.4, 0.5) is 0 Å². The smallest absolute Gasteiger partial charge is 0.118 e. The molecule has 0 radical (unpaired) electrons. The maximum atomic E-state index is 9.41. The normalized spacial score (nSPS) is 15.9. The Hall–Kier alpha value is -0.710. The number of hydrogen-bond donors (Lipinski definition) is 2. The summed E-state index contributed by atoms with van der Waals surface area (Å²) in [6.45, 7) is 6.75. The number of thioether (sulfide) groups is 1. The van der Waals surface area contributed by atoms with Crippen molar-refractivity contribution in [2.24, 2.45) is 5.92 Å². The molecule has 0 aliphatic heterocycles. The fourth-order valence-corrected chi connectivity index (χ4v) is 2.95. The van der Waals surface area contributed by atoms with Gasteiger partial charge in [0.25, 0.3) is 0 Å². The molecule has 114 valence electrons. The second-order valence-electron chi connectivity index (χ2n) is 5.41. The van der Waals surface area contributed by atoms with Gasteiger partial charge in [0.2, 0.25) is 0 Å². The molecular weight excluding hydrogens is 270 g/mol. The highest BCUT2D eigenvalue weighted by Gasteiger charge is 2.22. The van der Waals surface area contributed by atoms with Gasteiger partial charge in [0.1, 0.15) is 5.75 Å². The molecule has 1 aromatic rings. The van der Waals surface area contributed by atoms with Gasteiger partial charge in [0.05, 0.1) is 13.7 Å². The molecule has 0 fully saturated rings. The van der Waals surface area contributed by atoms with E-state index in [1.54, 1.807) is 18.9 Å². The number of nitrogens with one attached hydrogen (secondary N) is 1. The van der Waals surface area contributed by atoms with Gasteiger partial charge >= 0.3 is 0 Å². The third-order valence-electron chi connectivity index (χ3n) is 3.62. The van der Waals surface area contributed by atoms with Crippen molar-refractivity contribution in [3.63, 3.8) is 0 Å². The van der Waals surface area contributed by atoms with Gasteiger partial charge in [-0.05, 0) is 36.8 Å². The molecule has 0 saturated heterocycles. The van der Waals surface area contributed by atoms with E-state index >= 15 is 0 Å². The molecule has 1 aromatic carbocycles. The average Bonchev–Trinajstić information content (AvgIpc) is 2.46. The molecule has 0 bridgehead atoms. The molecule has 3 unspecified atom stereocenters. The first-order valence-electron chi connectivity index (χ1n) is 7.07. The molecule has 0 aliphatic rings. The summed E-state index contributed by atoms with van der Waals surface area (Å²) in [7, 11) is 1.68. The third-order valence-corrected chi connectivity index (χ3v) is 4.79. The largest absolute Gasteiger partial charge is 0.497 e. The topological polar surface area (TPSA) is 41.5 Å². The minimum absolute atomic E-state index is 0.197. The van der Waals surface area contributed by atoms with Gasteiger partial charge in [-0.1, -0.05) is 26.0 Å². The summed E-state index contributed by atoms with van der Waals surface area (Å²) in [6, 6.07) is 8.73. The molecule has 3 nitrogen and oxygen atoms in total. The summed E-state index contributed by atoms with van der Waals surface area (Å²) in [6.07, 6.45) is 2.04. The zero-order valence-electron chi connectivity index (χ0n) is 13.1. The minimum atomic E-state index is 0.197.